The van der Waals surface area contributed by atoms with Crippen molar-refractivity contribution in [3.63, 3.8) is 0 Å². The summed E-state index contributed by atoms with van der Waals surface area (Å²) in [7, 11) is 8.39. The van der Waals surface area contributed by atoms with Gasteiger partial charge in [-0.3, -0.25) is 9.78 Å². The summed E-state index contributed by atoms with van der Waals surface area (Å²) in [5.41, 5.74) is 14.0. The fraction of sp³-hybridized carbons (Fsp3) is 0.458. The Balaban J connectivity index is 0.000000130. The van der Waals surface area contributed by atoms with E-state index >= 15 is 0 Å². The van der Waals surface area contributed by atoms with Crippen LogP contribution in [0.3, 0.4) is 0 Å². The standard InChI is InChI=1S/C24H29N7OS.C24H31N7S.C24H30N6S/c1-23(2)9-16(10-24(3,4)30-23)31(5)22-29-20-21(33-22)28-18(13-25-20)17-7-6-14(8-19(17)32)15-11-26-27-12-15;1-14-8-15(9-16-13-30(6)28-19(14)16)18-12-25-20-21(26-18)32-22(27-20)31(7)17-10-23(2,3)29-24(4,5)11-17;1-15-13-30-14-16(7-10-20(30)25-15)18-8-9-19-21(26-18)31-22(27-19)29(6)17-11-23(2,3)28-24(4,5)12-17/h6-8,11-13,16,30,32H,9-10H2,1-5H3,(H,26,27);8-9,12-13,17,29H,10-11H2,1-7H3;7-10,13-14,17,28H,11-12H2,1-6H3. The van der Waals surface area contributed by atoms with E-state index in [1.807, 2.05) is 55.4 Å². The monoisotopic (exact) mass is 1350 g/mol. The van der Waals surface area contributed by atoms with Gasteiger partial charge in [-0.15, -0.1) is 0 Å². The highest BCUT2D eigenvalue weighted by atomic mass is 32.1. The summed E-state index contributed by atoms with van der Waals surface area (Å²) < 4.78 is 3.91. The molecule has 0 bridgehead atoms. The number of H-pyrrole nitrogens is 1. The van der Waals surface area contributed by atoms with Gasteiger partial charge in [0.05, 0.1) is 46.9 Å². The molecule has 3 aliphatic heterocycles. The van der Waals surface area contributed by atoms with Gasteiger partial charge < -0.3 is 40.2 Å². The van der Waals surface area contributed by atoms with Crippen LogP contribution in [0, 0.1) is 13.8 Å². The fourth-order valence-electron chi connectivity index (χ4n) is 15.4. The highest BCUT2D eigenvalue weighted by Crippen LogP contribution is 2.41. The number of pyridine rings is 2. The van der Waals surface area contributed by atoms with E-state index in [0.29, 0.717) is 40.7 Å². The van der Waals surface area contributed by atoms with Crippen molar-refractivity contribution < 1.29 is 5.11 Å². The van der Waals surface area contributed by atoms with Gasteiger partial charge in [0.25, 0.3) is 0 Å². The van der Waals surface area contributed by atoms with E-state index in [-0.39, 0.29) is 39.0 Å². The molecule has 0 atom stereocenters. The van der Waals surface area contributed by atoms with E-state index in [9.17, 15) is 5.11 Å². The molecule has 3 fully saturated rings. The molecule has 5 N–H and O–H groups in total. The quantitative estimate of drug-likeness (QED) is 0.0856. The summed E-state index contributed by atoms with van der Waals surface area (Å²) in [6, 6.07) is 19.3. The van der Waals surface area contributed by atoms with Gasteiger partial charge >= 0.3 is 0 Å². The number of imidazole rings is 1. The molecule has 3 saturated heterocycles. The van der Waals surface area contributed by atoms with Crippen LogP contribution in [0.25, 0.3) is 92.8 Å². The molecule has 12 aromatic rings. The van der Waals surface area contributed by atoms with Gasteiger partial charge in [0.1, 0.15) is 21.7 Å². The second kappa shape index (κ2) is 24.8. The molecule has 0 spiro atoms. The van der Waals surface area contributed by atoms with E-state index in [0.717, 1.165) is 135 Å². The Morgan fingerprint density at radius 1 is 0.500 bits per heavy atom. The Labute approximate surface area is 573 Å². The van der Waals surface area contributed by atoms with Crippen molar-refractivity contribution in [1.29, 1.82) is 0 Å². The van der Waals surface area contributed by atoms with Crippen molar-refractivity contribution in [3.8, 4) is 50.6 Å². The fourth-order valence-corrected chi connectivity index (χ4v) is 18.2. The summed E-state index contributed by atoms with van der Waals surface area (Å²) in [6.07, 6.45) is 19.6. The molecule has 502 valence electrons. The number of aryl methyl sites for hydroxylation is 3. The molecule has 96 heavy (non-hydrogen) atoms. The Hall–Kier alpha value is -8.13. The molecule has 10 aromatic heterocycles. The second-order valence-corrected chi connectivity index (χ2v) is 33.7. The number of hydrogen-bond donors (Lipinski definition) is 5. The number of phenolic OH excluding ortho intramolecular Hbond substituents is 1. The molecule has 2 aromatic carbocycles. The van der Waals surface area contributed by atoms with Gasteiger partial charge in [0.2, 0.25) is 0 Å². The molecule has 13 heterocycles. The largest absolute Gasteiger partial charge is 0.507 e. The first-order chi connectivity index (χ1) is 45.2. The summed E-state index contributed by atoms with van der Waals surface area (Å²) in [6.45, 7) is 31.4. The maximum atomic E-state index is 10.7. The molecule has 21 nitrogen and oxygen atoms in total. The van der Waals surface area contributed by atoms with Crippen LogP contribution < -0.4 is 30.7 Å². The third-order valence-electron chi connectivity index (χ3n) is 18.7. The number of anilines is 3. The molecule has 0 aliphatic carbocycles. The van der Waals surface area contributed by atoms with Crippen LogP contribution in [-0.2, 0) is 7.05 Å². The minimum Gasteiger partial charge on any atom is -0.507 e. The number of hydrogen-bond acceptors (Lipinski definition) is 21. The van der Waals surface area contributed by atoms with Crippen LogP contribution in [0.1, 0.15) is 133 Å². The Bertz CT molecular complexity index is 4790. The smallest absolute Gasteiger partial charge is 0.191 e. The van der Waals surface area contributed by atoms with Gasteiger partial charge in [-0.25, -0.2) is 34.9 Å². The summed E-state index contributed by atoms with van der Waals surface area (Å²) in [5.74, 6) is 0.156. The number of aromatic nitrogens is 14. The number of aromatic amines is 1. The van der Waals surface area contributed by atoms with Gasteiger partial charge in [-0.2, -0.15) is 20.2 Å². The summed E-state index contributed by atoms with van der Waals surface area (Å²) in [4.78, 5) is 52.5. The molecule has 0 amide bonds. The zero-order valence-electron chi connectivity index (χ0n) is 58.5. The molecule has 0 unspecified atom stereocenters. The Kier molecular flexibility index (Phi) is 17.1. The molecule has 24 heteroatoms. The lowest BCUT2D eigenvalue weighted by atomic mass is 9.79. The average Bonchev–Trinajstić information content (AvgIpc) is 1.71. The summed E-state index contributed by atoms with van der Waals surface area (Å²) in [5, 5.41) is 37.3. The summed E-state index contributed by atoms with van der Waals surface area (Å²) >= 11 is 4.85. The highest BCUT2D eigenvalue weighted by Gasteiger charge is 2.43. The molecular formula is C72H90N20OS3. The zero-order chi connectivity index (χ0) is 68.2. The van der Waals surface area contributed by atoms with Crippen LogP contribution in [0.4, 0.5) is 15.4 Å². The van der Waals surface area contributed by atoms with Crippen molar-refractivity contribution in [3.05, 3.63) is 109 Å². The molecule has 3 aliphatic rings. The lowest BCUT2D eigenvalue weighted by molar-refractivity contribution is 0.160. The Morgan fingerprint density at radius 3 is 1.55 bits per heavy atom. The number of fused-ring (bicyclic) bond motifs is 5. The maximum absolute atomic E-state index is 10.7. The first kappa shape index (κ1) is 66.5. The van der Waals surface area contributed by atoms with Crippen LogP contribution >= 0.6 is 34.0 Å². The second-order valence-electron chi connectivity index (χ2n) is 30.8. The van der Waals surface area contributed by atoms with Crippen LogP contribution in [0.15, 0.2) is 98.0 Å². The van der Waals surface area contributed by atoms with Crippen molar-refractivity contribution in [1.82, 2.24) is 85.2 Å². The van der Waals surface area contributed by atoms with E-state index in [2.05, 4.69) is 213 Å². The van der Waals surface area contributed by atoms with Crippen molar-refractivity contribution in [2.45, 2.75) is 187 Å². The van der Waals surface area contributed by atoms with E-state index in [1.165, 1.54) is 0 Å². The van der Waals surface area contributed by atoms with Crippen LogP contribution in [0.2, 0.25) is 0 Å². The molecule has 15 rings (SSSR count). The Morgan fingerprint density at radius 2 is 1.01 bits per heavy atom. The van der Waals surface area contributed by atoms with Crippen molar-refractivity contribution in [2.75, 3.05) is 35.8 Å². The van der Waals surface area contributed by atoms with Crippen LogP contribution in [-0.4, -0.2) is 147 Å². The lowest BCUT2D eigenvalue weighted by Gasteiger charge is -2.48. The molecular weight excluding hydrogens is 1260 g/mol. The minimum atomic E-state index is 0.0567. The minimum absolute atomic E-state index is 0.0567. The number of aromatic hydroxyl groups is 1. The molecule has 0 radical (unpaired) electrons. The maximum Gasteiger partial charge on any atom is 0.191 e. The SMILES string of the molecule is CN(c1nc2ncc(-c3ccc(-c4cn[nH]c4)cc3O)nc2s1)C1CC(C)(C)NC(C)(C)C1.Cc1cc(-c2cnc3nc(N(C)C4CC(C)(C)NC(C)(C)C4)sc3n2)cc2cn(C)nc12.Cc1cn2cc(-c3ccc4nc(N(C)C5CC(C)(C)NC(C)(C)C5)sc4n3)ccc2n1. The predicted octanol–water partition coefficient (Wildman–Crippen LogP) is 14.3. The first-order valence-electron chi connectivity index (χ1n) is 33.0. The number of rotatable bonds is 10. The topological polar surface area (TPSA) is 233 Å². The lowest BCUT2D eigenvalue weighted by Crippen LogP contribution is -2.61. The van der Waals surface area contributed by atoms with Crippen molar-refractivity contribution in [2.24, 2.45) is 7.05 Å². The third kappa shape index (κ3) is 14.3. The van der Waals surface area contributed by atoms with Crippen molar-refractivity contribution >= 4 is 97.3 Å². The van der Waals surface area contributed by atoms with E-state index in [1.54, 1.807) is 58.7 Å². The zero-order valence-corrected chi connectivity index (χ0v) is 61.0. The van der Waals surface area contributed by atoms with E-state index < -0.39 is 0 Å². The predicted molar refractivity (Wildman–Crippen MR) is 394 cm³/mol. The number of phenols is 1. The van der Waals surface area contributed by atoms with E-state index in [4.69, 9.17) is 29.9 Å². The van der Waals surface area contributed by atoms with Gasteiger partial charge in [0, 0.05) is 132 Å². The third-order valence-corrected chi connectivity index (χ3v) is 21.8. The first-order valence-corrected chi connectivity index (χ1v) is 35.5. The van der Waals surface area contributed by atoms with Crippen LogP contribution in [0.5, 0.6) is 5.75 Å². The van der Waals surface area contributed by atoms with Gasteiger partial charge in [-0.1, -0.05) is 40.1 Å². The number of thiazole rings is 3. The number of benzene rings is 2. The number of nitrogens with zero attached hydrogens (tertiary/aromatic N) is 16. The number of nitrogens with one attached hydrogen (secondary N) is 4. The number of piperidine rings is 3. The van der Waals surface area contributed by atoms with Gasteiger partial charge in [-0.05, 0) is 195 Å². The molecule has 0 saturated carbocycles. The van der Waals surface area contributed by atoms with Gasteiger partial charge in [0.15, 0.2) is 36.3 Å². The highest BCUT2D eigenvalue weighted by molar-refractivity contribution is 7.22. The average molecular weight is 1350 g/mol. The normalized spacial score (nSPS) is 18.4.